The summed E-state index contributed by atoms with van der Waals surface area (Å²) in [6, 6.07) is 8.28. The smallest absolute Gasteiger partial charge is 0.307 e. The monoisotopic (exact) mass is 263 g/mol. The molecule has 2 heterocycles. The number of hydrogen-bond acceptors (Lipinski definition) is 4. The molecule has 2 N–H and O–H groups in total. The molecule has 5 heteroatoms. The molecule has 0 saturated carbocycles. The highest BCUT2D eigenvalue weighted by molar-refractivity contribution is 5.70. The van der Waals surface area contributed by atoms with Crippen molar-refractivity contribution in [3.63, 3.8) is 0 Å². The van der Waals surface area contributed by atoms with Crippen molar-refractivity contribution in [3.05, 3.63) is 35.4 Å². The number of carbonyl (C=O) groups is 1. The Hall–Kier alpha value is -1.43. The van der Waals surface area contributed by atoms with Crippen LogP contribution in [0, 0.1) is 5.92 Å². The lowest BCUT2D eigenvalue weighted by molar-refractivity contribution is -0.141. The fourth-order valence-electron chi connectivity index (χ4n) is 2.65. The highest BCUT2D eigenvalue weighted by atomic mass is 16.7. The van der Waals surface area contributed by atoms with Gasteiger partial charge < -0.3 is 19.9 Å². The molecule has 3 unspecified atom stereocenters. The van der Waals surface area contributed by atoms with Crippen molar-refractivity contribution >= 4 is 5.97 Å². The Morgan fingerprint density at radius 1 is 1.26 bits per heavy atom. The normalized spacial score (nSPS) is 30.6. The van der Waals surface area contributed by atoms with Gasteiger partial charge in [0, 0.05) is 12.6 Å². The first-order chi connectivity index (χ1) is 9.24. The van der Waals surface area contributed by atoms with Gasteiger partial charge in [0.05, 0.1) is 12.5 Å². The molecule has 3 rings (SSSR count). The highest BCUT2D eigenvalue weighted by Gasteiger charge is 2.30. The van der Waals surface area contributed by atoms with Crippen LogP contribution in [0.3, 0.4) is 0 Å². The molecule has 0 bridgehead atoms. The van der Waals surface area contributed by atoms with Crippen LogP contribution in [0.4, 0.5) is 0 Å². The molecule has 2 saturated heterocycles. The van der Waals surface area contributed by atoms with Crippen LogP contribution in [0.1, 0.15) is 29.7 Å². The maximum atomic E-state index is 10.9. The lowest BCUT2D eigenvalue weighted by Gasteiger charge is -2.13. The maximum Gasteiger partial charge on any atom is 0.307 e. The molecule has 102 valence electrons. The standard InChI is InChI=1S/C14H17NO4/c16-14(17)11-5-12(15-6-11)9-1-3-10(4-2-9)13-7-18-8-19-13/h1-4,11-13,15H,5-8H2,(H,16,17). The molecular weight excluding hydrogens is 246 g/mol. The minimum absolute atomic E-state index is 0.0253. The third-order valence-electron chi connectivity index (χ3n) is 3.81. The number of ether oxygens (including phenoxy) is 2. The van der Waals surface area contributed by atoms with Gasteiger partial charge in [-0.15, -0.1) is 0 Å². The zero-order valence-electron chi connectivity index (χ0n) is 10.5. The van der Waals surface area contributed by atoms with Crippen LogP contribution < -0.4 is 5.32 Å². The van der Waals surface area contributed by atoms with Crippen molar-refractivity contribution in [2.24, 2.45) is 5.92 Å². The van der Waals surface area contributed by atoms with E-state index in [4.69, 9.17) is 14.6 Å². The summed E-state index contributed by atoms with van der Waals surface area (Å²) in [6.45, 7) is 1.50. The number of nitrogens with one attached hydrogen (secondary N) is 1. The summed E-state index contributed by atoms with van der Waals surface area (Å²) in [7, 11) is 0. The number of rotatable bonds is 3. The third kappa shape index (κ3) is 2.63. The van der Waals surface area contributed by atoms with Gasteiger partial charge >= 0.3 is 5.97 Å². The van der Waals surface area contributed by atoms with Crippen molar-refractivity contribution < 1.29 is 19.4 Å². The summed E-state index contributed by atoms with van der Waals surface area (Å²) in [4.78, 5) is 10.9. The highest BCUT2D eigenvalue weighted by Crippen LogP contribution is 2.29. The summed E-state index contributed by atoms with van der Waals surface area (Å²) in [5.74, 6) is -1.00. The SMILES string of the molecule is O=C(O)C1CNC(c2ccc(C3COCO3)cc2)C1. The molecule has 1 aromatic rings. The van der Waals surface area contributed by atoms with Gasteiger partial charge in [-0.05, 0) is 17.5 Å². The van der Waals surface area contributed by atoms with E-state index in [1.165, 1.54) is 0 Å². The fourth-order valence-corrected chi connectivity index (χ4v) is 2.65. The van der Waals surface area contributed by atoms with Crippen LogP contribution in [0.15, 0.2) is 24.3 Å². The lowest BCUT2D eigenvalue weighted by atomic mass is 9.98. The van der Waals surface area contributed by atoms with Gasteiger partial charge in [0.25, 0.3) is 0 Å². The van der Waals surface area contributed by atoms with Gasteiger partial charge in [-0.25, -0.2) is 0 Å². The summed E-state index contributed by atoms with van der Waals surface area (Å²) in [5.41, 5.74) is 2.24. The molecule has 19 heavy (non-hydrogen) atoms. The Labute approximate surface area is 111 Å². The first-order valence-electron chi connectivity index (χ1n) is 6.49. The third-order valence-corrected chi connectivity index (χ3v) is 3.81. The van der Waals surface area contributed by atoms with E-state index >= 15 is 0 Å². The van der Waals surface area contributed by atoms with E-state index in [9.17, 15) is 4.79 Å². The second-order valence-electron chi connectivity index (χ2n) is 5.04. The maximum absolute atomic E-state index is 10.9. The van der Waals surface area contributed by atoms with E-state index in [0.717, 1.165) is 11.1 Å². The zero-order chi connectivity index (χ0) is 13.2. The number of hydrogen-bond donors (Lipinski definition) is 2. The number of benzene rings is 1. The van der Waals surface area contributed by atoms with Crippen LogP contribution in [0.25, 0.3) is 0 Å². The first kappa shape index (κ1) is 12.6. The van der Waals surface area contributed by atoms with Crippen molar-refractivity contribution in [3.8, 4) is 0 Å². The van der Waals surface area contributed by atoms with Crippen LogP contribution in [0.2, 0.25) is 0 Å². The molecule has 0 radical (unpaired) electrons. The first-order valence-corrected chi connectivity index (χ1v) is 6.49. The summed E-state index contributed by atoms with van der Waals surface area (Å²) >= 11 is 0. The molecule has 0 spiro atoms. The Morgan fingerprint density at radius 2 is 2.00 bits per heavy atom. The van der Waals surface area contributed by atoms with Crippen LogP contribution >= 0.6 is 0 Å². The molecule has 1 aromatic carbocycles. The number of aliphatic carboxylic acids is 1. The molecule has 5 nitrogen and oxygen atoms in total. The Balaban J connectivity index is 1.67. The van der Waals surface area contributed by atoms with Crippen molar-refractivity contribution in [1.29, 1.82) is 0 Å². The van der Waals surface area contributed by atoms with E-state index in [1.807, 2.05) is 24.3 Å². The summed E-state index contributed by atoms with van der Waals surface area (Å²) < 4.78 is 10.6. The Kier molecular flexibility index (Phi) is 3.50. The average Bonchev–Trinajstić information content (AvgIpc) is 3.11. The number of carboxylic acids is 1. The molecular formula is C14H17NO4. The quantitative estimate of drug-likeness (QED) is 0.864. The van der Waals surface area contributed by atoms with E-state index in [-0.39, 0.29) is 18.1 Å². The topological polar surface area (TPSA) is 67.8 Å². The summed E-state index contributed by atoms with van der Waals surface area (Å²) in [6.07, 6.45) is 0.676. The van der Waals surface area contributed by atoms with Crippen LogP contribution in [-0.4, -0.2) is 31.0 Å². The van der Waals surface area contributed by atoms with E-state index < -0.39 is 5.97 Å². The second-order valence-corrected chi connectivity index (χ2v) is 5.04. The predicted octanol–water partition coefficient (Wildman–Crippen LogP) is 1.47. The van der Waals surface area contributed by atoms with Crippen molar-refractivity contribution in [1.82, 2.24) is 5.32 Å². The van der Waals surface area contributed by atoms with Gasteiger partial charge in [0.1, 0.15) is 12.9 Å². The van der Waals surface area contributed by atoms with Gasteiger partial charge in [-0.2, -0.15) is 0 Å². The predicted molar refractivity (Wildman–Crippen MR) is 67.6 cm³/mol. The van der Waals surface area contributed by atoms with Crippen molar-refractivity contribution in [2.75, 3.05) is 19.9 Å². The van der Waals surface area contributed by atoms with Gasteiger partial charge in [-0.3, -0.25) is 4.79 Å². The molecule has 2 fully saturated rings. The van der Waals surface area contributed by atoms with Gasteiger partial charge in [0.15, 0.2) is 0 Å². The second kappa shape index (κ2) is 5.28. The molecule has 0 aromatic heterocycles. The van der Waals surface area contributed by atoms with Gasteiger partial charge in [0.2, 0.25) is 0 Å². The molecule has 2 aliphatic heterocycles. The van der Waals surface area contributed by atoms with Crippen LogP contribution in [0.5, 0.6) is 0 Å². The van der Waals surface area contributed by atoms with Gasteiger partial charge in [-0.1, -0.05) is 24.3 Å². The largest absolute Gasteiger partial charge is 0.481 e. The Bertz CT molecular complexity index is 453. The van der Waals surface area contributed by atoms with Crippen molar-refractivity contribution in [2.45, 2.75) is 18.6 Å². The lowest BCUT2D eigenvalue weighted by Crippen LogP contribution is -2.17. The molecule has 0 aliphatic carbocycles. The van der Waals surface area contributed by atoms with Crippen LogP contribution in [-0.2, 0) is 14.3 Å². The van der Waals surface area contributed by atoms with E-state index in [2.05, 4.69) is 5.32 Å². The zero-order valence-corrected chi connectivity index (χ0v) is 10.5. The molecule has 2 aliphatic rings. The fraction of sp³-hybridized carbons (Fsp3) is 0.500. The van der Waals surface area contributed by atoms with E-state index in [1.54, 1.807) is 0 Å². The minimum atomic E-state index is -0.719. The molecule has 0 amide bonds. The molecule has 3 atom stereocenters. The summed E-state index contributed by atoms with van der Waals surface area (Å²) in [5, 5.41) is 12.3. The van der Waals surface area contributed by atoms with E-state index in [0.29, 0.717) is 26.4 Å². The number of carboxylic acid groups (broad SMARTS) is 1. The minimum Gasteiger partial charge on any atom is -0.481 e. The average molecular weight is 263 g/mol. The Morgan fingerprint density at radius 3 is 2.58 bits per heavy atom.